The molecule has 0 radical (unpaired) electrons. The van der Waals surface area contributed by atoms with Gasteiger partial charge in [-0.3, -0.25) is 0 Å². The molecule has 138 valence electrons. The Balaban J connectivity index is 1.54. The predicted molar refractivity (Wildman–Crippen MR) is 87.5 cm³/mol. The van der Waals surface area contributed by atoms with E-state index >= 15 is 0 Å². The fourth-order valence-corrected chi connectivity index (χ4v) is 3.23. The lowest BCUT2D eigenvalue weighted by Crippen LogP contribution is -2.58. The van der Waals surface area contributed by atoms with E-state index in [0.717, 1.165) is 18.7 Å². The van der Waals surface area contributed by atoms with Crippen molar-refractivity contribution in [2.45, 2.75) is 31.4 Å². The SMILES string of the molecule is CC1(C(F)F)CN(C(=O)NC2CCN(c3ccc(F)cc3)C2)CCO1. The third-order valence-corrected chi connectivity index (χ3v) is 4.75. The summed E-state index contributed by atoms with van der Waals surface area (Å²) in [7, 11) is 0. The van der Waals surface area contributed by atoms with Crippen LogP contribution in [0, 0.1) is 5.82 Å². The average molecular weight is 357 g/mol. The number of amides is 2. The number of anilines is 1. The Morgan fingerprint density at radius 2 is 2.04 bits per heavy atom. The molecule has 2 heterocycles. The van der Waals surface area contributed by atoms with Gasteiger partial charge in [0.05, 0.1) is 13.2 Å². The first-order chi connectivity index (χ1) is 11.9. The van der Waals surface area contributed by atoms with Crippen LogP contribution in [-0.2, 0) is 4.74 Å². The lowest BCUT2D eigenvalue weighted by Gasteiger charge is -2.40. The maximum atomic E-state index is 13.1. The first-order valence-electron chi connectivity index (χ1n) is 8.35. The Hall–Kier alpha value is -1.96. The van der Waals surface area contributed by atoms with E-state index in [1.54, 1.807) is 12.1 Å². The van der Waals surface area contributed by atoms with Crippen LogP contribution in [0.25, 0.3) is 0 Å². The lowest BCUT2D eigenvalue weighted by atomic mass is 10.1. The van der Waals surface area contributed by atoms with Gasteiger partial charge in [0.1, 0.15) is 11.4 Å². The molecule has 1 aromatic carbocycles. The van der Waals surface area contributed by atoms with Crippen molar-refractivity contribution >= 4 is 11.7 Å². The molecule has 2 amide bonds. The van der Waals surface area contributed by atoms with Crippen molar-refractivity contribution in [2.75, 3.05) is 37.7 Å². The van der Waals surface area contributed by atoms with Crippen LogP contribution in [0.5, 0.6) is 0 Å². The van der Waals surface area contributed by atoms with Crippen LogP contribution in [0.2, 0.25) is 0 Å². The highest BCUT2D eigenvalue weighted by Crippen LogP contribution is 2.25. The van der Waals surface area contributed by atoms with E-state index in [1.165, 1.54) is 24.0 Å². The summed E-state index contributed by atoms with van der Waals surface area (Å²) in [4.78, 5) is 15.8. The van der Waals surface area contributed by atoms with Crippen molar-refractivity contribution in [3.05, 3.63) is 30.1 Å². The second-order valence-electron chi connectivity index (χ2n) is 6.74. The van der Waals surface area contributed by atoms with Gasteiger partial charge in [-0.25, -0.2) is 18.0 Å². The summed E-state index contributed by atoms with van der Waals surface area (Å²) >= 11 is 0. The highest BCUT2D eigenvalue weighted by molar-refractivity contribution is 5.75. The second kappa shape index (κ2) is 7.11. The van der Waals surface area contributed by atoms with Gasteiger partial charge < -0.3 is 19.9 Å². The van der Waals surface area contributed by atoms with Gasteiger partial charge in [0.15, 0.2) is 0 Å². The zero-order valence-corrected chi connectivity index (χ0v) is 14.1. The highest BCUT2D eigenvalue weighted by atomic mass is 19.3. The number of nitrogens with zero attached hydrogens (tertiary/aromatic N) is 2. The number of carbonyl (C=O) groups excluding carboxylic acids is 1. The summed E-state index contributed by atoms with van der Waals surface area (Å²) in [5.74, 6) is -0.290. The standard InChI is InChI=1S/C17H22F3N3O2/c1-17(15(19)20)11-23(8-9-25-17)16(24)21-13-6-7-22(10-13)14-4-2-12(18)3-5-14/h2-5,13,15H,6-11H2,1H3,(H,21,24). The van der Waals surface area contributed by atoms with Crippen LogP contribution in [0.1, 0.15) is 13.3 Å². The van der Waals surface area contributed by atoms with Crippen molar-refractivity contribution < 1.29 is 22.7 Å². The van der Waals surface area contributed by atoms with Gasteiger partial charge in [0.25, 0.3) is 6.43 Å². The number of morpholine rings is 1. The number of carbonyl (C=O) groups is 1. The summed E-state index contributed by atoms with van der Waals surface area (Å²) < 4.78 is 44.3. The van der Waals surface area contributed by atoms with Crippen LogP contribution < -0.4 is 10.2 Å². The van der Waals surface area contributed by atoms with Gasteiger partial charge in [-0.2, -0.15) is 0 Å². The minimum Gasteiger partial charge on any atom is -0.369 e. The fourth-order valence-electron chi connectivity index (χ4n) is 3.23. The van der Waals surface area contributed by atoms with E-state index in [-0.39, 0.29) is 31.0 Å². The van der Waals surface area contributed by atoms with Crippen molar-refractivity contribution in [1.29, 1.82) is 0 Å². The van der Waals surface area contributed by atoms with Crippen LogP contribution in [0.15, 0.2) is 24.3 Å². The number of halogens is 3. The molecule has 0 aromatic heterocycles. The zero-order chi connectivity index (χ0) is 18.0. The van der Waals surface area contributed by atoms with Crippen molar-refractivity contribution in [2.24, 2.45) is 0 Å². The van der Waals surface area contributed by atoms with Gasteiger partial charge >= 0.3 is 6.03 Å². The summed E-state index contributed by atoms with van der Waals surface area (Å²) in [6.07, 6.45) is -1.90. The number of nitrogens with one attached hydrogen (secondary N) is 1. The Labute approximate surface area is 144 Å². The molecule has 0 bridgehead atoms. The molecule has 8 heteroatoms. The first-order valence-corrected chi connectivity index (χ1v) is 8.35. The smallest absolute Gasteiger partial charge is 0.317 e. The Morgan fingerprint density at radius 3 is 2.72 bits per heavy atom. The molecule has 25 heavy (non-hydrogen) atoms. The molecule has 2 fully saturated rings. The molecule has 1 N–H and O–H groups in total. The largest absolute Gasteiger partial charge is 0.369 e. The van der Waals surface area contributed by atoms with E-state index < -0.39 is 12.0 Å². The van der Waals surface area contributed by atoms with Gasteiger partial charge in [-0.05, 0) is 37.6 Å². The molecule has 3 rings (SSSR count). The molecule has 0 saturated carbocycles. The number of ether oxygens (including phenoxy) is 1. The normalized spacial score (nSPS) is 27.0. The van der Waals surface area contributed by atoms with E-state index in [0.29, 0.717) is 13.1 Å². The monoisotopic (exact) mass is 357 g/mol. The molecule has 0 aliphatic carbocycles. The number of alkyl halides is 2. The number of urea groups is 1. The quantitative estimate of drug-likeness (QED) is 0.904. The minimum absolute atomic E-state index is 0.0711. The van der Waals surface area contributed by atoms with Crippen LogP contribution in [0.3, 0.4) is 0 Å². The molecule has 2 unspecified atom stereocenters. The third-order valence-electron chi connectivity index (χ3n) is 4.75. The van der Waals surface area contributed by atoms with Crippen LogP contribution in [-0.4, -0.2) is 61.8 Å². The fraction of sp³-hybridized carbons (Fsp3) is 0.588. The molecular weight excluding hydrogens is 335 g/mol. The molecule has 2 aliphatic heterocycles. The highest BCUT2D eigenvalue weighted by Gasteiger charge is 2.42. The molecule has 2 atom stereocenters. The van der Waals surface area contributed by atoms with Crippen molar-refractivity contribution in [3.63, 3.8) is 0 Å². The Bertz CT molecular complexity index is 614. The number of rotatable bonds is 3. The van der Waals surface area contributed by atoms with Crippen molar-refractivity contribution in [3.8, 4) is 0 Å². The summed E-state index contributed by atoms with van der Waals surface area (Å²) in [5, 5.41) is 2.91. The van der Waals surface area contributed by atoms with Crippen LogP contribution in [0.4, 0.5) is 23.7 Å². The van der Waals surface area contributed by atoms with Gasteiger partial charge in [-0.1, -0.05) is 0 Å². The third kappa shape index (κ3) is 4.00. The number of hydrogen-bond donors (Lipinski definition) is 1. The molecular formula is C17H22F3N3O2. The molecule has 1 aromatic rings. The van der Waals surface area contributed by atoms with Gasteiger partial charge in [0.2, 0.25) is 0 Å². The lowest BCUT2D eigenvalue weighted by molar-refractivity contribution is -0.161. The number of hydrogen-bond acceptors (Lipinski definition) is 3. The zero-order valence-electron chi connectivity index (χ0n) is 14.1. The van der Waals surface area contributed by atoms with E-state index in [4.69, 9.17) is 4.74 Å². The predicted octanol–water partition coefficient (Wildman–Crippen LogP) is 2.47. The topological polar surface area (TPSA) is 44.8 Å². The number of benzene rings is 1. The van der Waals surface area contributed by atoms with Gasteiger partial charge in [0, 0.05) is 31.4 Å². The Morgan fingerprint density at radius 1 is 1.32 bits per heavy atom. The van der Waals surface area contributed by atoms with E-state index in [1.807, 2.05) is 0 Å². The summed E-state index contributed by atoms with van der Waals surface area (Å²) in [5.41, 5.74) is -0.722. The molecule has 2 aliphatic rings. The first kappa shape index (κ1) is 17.8. The summed E-state index contributed by atoms with van der Waals surface area (Å²) in [6, 6.07) is 5.80. The van der Waals surface area contributed by atoms with E-state index in [2.05, 4.69) is 10.2 Å². The molecule has 2 saturated heterocycles. The second-order valence-corrected chi connectivity index (χ2v) is 6.74. The van der Waals surface area contributed by atoms with Crippen LogP contribution >= 0.6 is 0 Å². The van der Waals surface area contributed by atoms with Crippen molar-refractivity contribution in [1.82, 2.24) is 10.2 Å². The maximum absolute atomic E-state index is 13.1. The summed E-state index contributed by atoms with van der Waals surface area (Å²) in [6.45, 7) is 2.93. The molecule has 0 spiro atoms. The van der Waals surface area contributed by atoms with Gasteiger partial charge in [-0.15, -0.1) is 0 Å². The average Bonchev–Trinajstić information content (AvgIpc) is 3.04. The minimum atomic E-state index is -2.65. The Kier molecular flexibility index (Phi) is 5.08. The molecule has 5 nitrogen and oxygen atoms in total. The van der Waals surface area contributed by atoms with E-state index in [9.17, 15) is 18.0 Å². The maximum Gasteiger partial charge on any atom is 0.317 e.